The molecule has 310 valence electrons. The van der Waals surface area contributed by atoms with Crippen molar-refractivity contribution in [3.63, 3.8) is 0 Å². The zero-order chi connectivity index (χ0) is 41.6. The van der Waals surface area contributed by atoms with Crippen molar-refractivity contribution in [2.24, 2.45) is 5.92 Å². The topological polar surface area (TPSA) is 102 Å². The molecule has 0 amide bonds. The highest BCUT2D eigenvalue weighted by molar-refractivity contribution is 6.99. The van der Waals surface area contributed by atoms with Crippen LogP contribution in [0.2, 0.25) is 30.7 Å². The molecule has 5 rings (SSSR count). The van der Waals surface area contributed by atoms with Crippen LogP contribution in [0.4, 0.5) is 0 Å². The molecule has 1 aliphatic carbocycles. The van der Waals surface area contributed by atoms with Gasteiger partial charge in [0.1, 0.15) is 29.3 Å². The Labute approximate surface area is 342 Å². The first-order chi connectivity index (χ1) is 26.9. The van der Waals surface area contributed by atoms with Crippen molar-refractivity contribution in [2.75, 3.05) is 27.6 Å². The maximum absolute atomic E-state index is 13.7. The smallest absolute Gasteiger partial charge is 0.342 e. The fourth-order valence-electron chi connectivity index (χ4n) is 7.92. The van der Waals surface area contributed by atoms with Gasteiger partial charge in [-0.3, -0.25) is 0 Å². The minimum Gasteiger partial charge on any atom is -0.497 e. The van der Waals surface area contributed by atoms with E-state index in [2.05, 4.69) is 108 Å². The molecule has 6 atom stereocenters. The number of aliphatic hydroxyl groups is 1. The van der Waals surface area contributed by atoms with Gasteiger partial charge in [-0.15, -0.1) is 0 Å². The number of hydrogen-bond donors (Lipinski definition) is 1. The van der Waals surface area contributed by atoms with Crippen molar-refractivity contribution in [3.05, 3.63) is 83.9 Å². The molecule has 1 saturated carbocycles. The molecule has 9 nitrogen and oxygen atoms in total. The van der Waals surface area contributed by atoms with Crippen molar-refractivity contribution in [1.82, 2.24) is 0 Å². The molecule has 0 aromatic heterocycles. The van der Waals surface area contributed by atoms with E-state index in [1.807, 2.05) is 32.0 Å². The third-order valence-electron chi connectivity index (χ3n) is 10.8. The standard InChI is InChI=1S/C46H64O9Si2/c1-32(55-57(45(2,3)4,35-20-14-12-15-21-35)36-22-16-13-17-23-36)19-18-24-39(47)43-41(53-46(5,6)54-43)28-33-27-37(33)38-29-34(50-8)30-40(52-31-49-7)42(38)44(48)51-25-26-56(9,10)11/h12-17,20-23,29-30,32-33,37,39,41,43,47H,19,25-28,31H2,1-11H3/t32-,33?,37?,39?,41+,43-/m1/s1. The highest BCUT2D eigenvalue weighted by Crippen LogP contribution is 2.54. The molecule has 0 bridgehead atoms. The van der Waals surface area contributed by atoms with E-state index < -0.39 is 46.5 Å². The summed E-state index contributed by atoms with van der Waals surface area (Å²) in [4.78, 5) is 13.7. The number of aliphatic hydroxyl groups excluding tert-OH is 1. The second-order valence-electron chi connectivity index (χ2n) is 18.1. The SMILES string of the molecule is COCOc1cc(OC)cc(C2CC2C[C@@H]2OC(C)(C)O[C@@H]2C(O)C#CC[C@@H](C)O[Si](c2ccccc2)(c2ccccc2)C(C)(C)C)c1C(=O)OCC[Si](C)(C)C. The van der Waals surface area contributed by atoms with Crippen LogP contribution in [0.5, 0.6) is 11.5 Å². The van der Waals surface area contributed by atoms with Gasteiger partial charge in [0.05, 0.1) is 25.9 Å². The van der Waals surface area contributed by atoms with E-state index in [0.29, 0.717) is 36.5 Å². The Morgan fingerprint density at radius 1 is 0.982 bits per heavy atom. The van der Waals surface area contributed by atoms with Crippen LogP contribution >= 0.6 is 0 Å². The number of carbonyl (C=O) groups excluding carboxylic acids is 1. The quantitative estimate of drug-likeness (QED) is 0.0631. The van der Waals surface area contributed by atoms with Crippen molar-refractivity contribution >= 4 is 32.7 Å². The molecule has 1 N–H and O–H groups in total. The lowest BCUT2D eigenvalue weighted by molar-refractivity contribution is -0.152. The van der Waals surface area contributed by atoms with Gasteiger partial charge < -0.3 is 38.0 Å². The Balaban J connectivity index is 1.32. The van der Waals surface area contributed by atoms with Crippen LogP contribution in [-0.4, -0.2) is 85.3 Å². The van der Waals surface area contributed by atoms with E-state index in [4.69, 9.17) is 32.8 Å². The highest BCUT2D eigenvalue weighted by atomic mass is 28.4. The van der Waals surface area contributed by atoms with Gasteiger partial charge in [0.2, 0.25) is 0 Å². The molecule has 0 radical (unpaired) electrons. The minimum atomic E-state index is -2.76. The minimum absolute atomic E-state index is 0.0246. The van der Waals surface area contributed by atoms with Gasteiger partial charge in [-0.05, 0) is 78.5 Å². The summed E-state index contributed by atoms with van der Waals surface area (Å²) >= 11 is 0. The van der Waals surface area contributed by atoms with Gasteiger partial charge in [-0.2, -0.15) is 0 Å². The predicted molar refractivity (Wildman–Crippen MR) is 230 cm³/mol. The van der Waals surface area contributed by atoms with E-state index in [9.17, 15) is 9.90 Å². The normalized spacial score (nSPS) is 21.5. The van der Waals surface area contributed by atoms with Crippen LogP contribution < -0.4 is 19.8 Å². The number of hydrogen-bond acceptors (Lipinski definition) is 9. The summed E-state index contributed by atoms with van der Waals surface area (Å²) in [6, 6.07) is 25.6. The molecule has 3 aromatic carbocycles. The summed E-state index contributed by atoms with van der Waals surface area (Å²) in [6.45, 7) is 19.6. The Bertz CT molecular complexity index is 1800. The lowest BCUT2D eigenvalue weighted by atomic mass is 9.97. The Kier molecular flexibility index (Phi) is 14.6. The molecular weight excluding hydrogens is 753 g/mol. The third kappa shape index (κ3) is 11.2. The van der Waals surface area contributed by atoms with Crippen molar-refractivity contribution in [1.29, 1.82) is 0 Å². The van der Waals surface area contributed by atoms with E-state index in [1.165, 1.54) is 17.5 Å². The summed E-state index contributed by atoms with van der Waals surface area (Å²) in [6.07, 6.45) is -0.470. The van der Waals surface area contributed by atoms with Gasteiger partial charge in [-0.25, -0.2) is 4.79 Å². The fourth-order valence-corrected chi connectivity index (χ4v) is 13.3. The molecule has 2 aliphatic rings. The monoisotopic (exact) mass is 816 g/mol. The molecule has 1 heterocycles. The lowest BCUT2D eigenvalue weighted by Gasteiger charge is -2.44. The molecule has 57 heavy (non-hydrogen) atoms. The largest absolute Gasteiger partial charge is 0.497 e. The van der Waals surface area contributed by atoms with Crippen LogP contribution in [-0.2, 0) is 23.4 Å². The predicted octanol–water partition coefficient (Wildman–Crippen LogP) is 7.91. The first-order valence-corrected chi connectivity index (χ1v) is 25.8. The van der Waals surface area contributed by atoms with E-state index in [-0.39, 0.29) is 29.8 Å². The number of ether oxygens (including phenoxy) is 6. The summed E-state index contributed by atoms with van der Waals surface area (Å²) in [5, 5.41) is 13.8. The van der Waals surface area contributed by atoms with Crippen LogP contribution in [0.3, 0.4) is 0 Å². The van der Waals surface area contributed by atoms with Gasteiger partial charge >= 0.3 is 5.97 Å². The van der Waals surface area contributed by atoms with Crippen LogP contribution in [0.1, 0.15) is 82.6 Å². The number of rotatable bonds is 17. The Morgan fingerprint density at radius 3 is 2.18 bits per heavy atom. The summed E-state index contributed by atoms with van der Waals surface area (Å²) in [5.41, 5.74) is 1.21. The average molecular weight is 817 g/mol. The second kappa shape index (κ2) is 18.6. The third-order valence-corrected chi connectivity index (χ3v) is 17.7. The number of esters is 1. The number of benzene rings is 3. The van der Waals surface area contributed by atoms with Gasteiger partial charge in [0.25, 0.3) is 8.32 Å². The van der Waals surface area contributed by atoms with Gasteiger partial charge in [-0.1, -0.05) is 113 Å². The van der Waals surface area contributed by atoms with E-state index in [1.54, 1.807) is 13.2 Å². The zero-order valence-electron chi connectivity index (χ0n) is 35.8. The summed E-state index contributed by atoms with van der Waals surface area (Å²) in [5.74, 6) is 6.16. The number of carbonyl (C=O) groups is 1. The van der Waals surface area contributed by atoms with Crippen LogP contribution in [0, 0.1) is 17.8 Å². The first kappa shape index (κ1) is 44.6. The Hall–Kier alpha value is -3.48. The van der Waals surface area contributed by atoms with Crippen molar-refractivity contribution in [2.45, 2.75) is 128 Å². The molecule has 11 heteroatoms. The van der Waals surface area contributed by atoms with Gasteiger partial charge in [0, 0.05) is 27.7 Å². The van der Waals surface area contributed by atoms with Crippen LogP contribution in [0.25, 0.3) is 0 Å². The maximum atomic E-state index is 13.7. The first-order valence-electron chi connectivity index (χ1n) is 20.2. The van der Waals surface area contributed by atoms with Crippen molar-refractivity contribution in [3.8, 4) is 23.3 Å². The fraction of sp³-hybridized carbons (Fsp3) is 0.543. The summed E-state index contributed by atoms with van der Waals surface area (Å²) < 4.78 is 42.5. The molecular formula is C46H64O9Si2. The lowest BCUT2D eigenvalue weighted by Crippen LogP contribution is -2.67. The average Bonchev–Trinajstić information content (AvgIpc) is 3.85. The molecule has 1 aliphatic heterocycles. The van der Waals surface area contributed by atoms with Crippen molar-refractivity contribution < 1.29 is 42.7 Å². The number of methoxy groups -OCH3 is 2. The molecule has 3 aromatic rings. The zero-order valence-corrected chi connectivity index (χ0v) is 37.8. The summed E-state index contributed by atoms with van der Waals surface area (Å²) in [7, 11) is -1.05. The van der Waals surface area contributed by atoms with E-state index in [0.717, 1.165) is 18.0 Å². The molecule has 0 spiro atoms. The van der Waals surface area contributed by atoms with Crippen LogP contribution in [0.15, 0.2) is 72.8 Å². The second-order valence-corrected chi connectivity index (χ2v) is 28.0. The maximum Gasteiger partial charge on any atom is 0.342 e. The highest BCUT2D eigenvalue weighted by Gasteiger charge is 2.52. The molecule has 2 fully saturated rings. The molecule has 3 unspecified atom stereocenters. The van der Waals surface area contributed by atoms with E-state index >= 15 is 0 Å². The van der Waals surface area contributed by atoms with Gasteiger partial charge in [0.15, 0.2) is 12.6 Å². The Morgan fingerprint density at radius 2 is 1.61 bits per heavy atom. The molecule has 1 saturated heterocycles.